The van der Waals surface area contributed by atoms with E-state index in [1.54, 1.807) is 19.2 Å². The second kappa shape index (κ2) is 5.03. The second-order valence-electron chi connectivity index (χ2n) is 3.53. The molecule has 0 bridgehead atoms. The summed E-state index contributed by atoms with van der Waals surface area (Å²) in [4.78, 5) is 0. The lowest BCUT2D eigenvalue weighted by Gasteiger charge is -2.09. The van der Waals surface area contributed by atoms with Crippen molar-refractivity contribution in [2.45, 2.75) is 0 Å². The van der Waals surface area contributed by atoms with Crippen LogP contribution in [-0.4, -0.2) is 7.11 Å². The van der Waals surface area contributed by atoms with Gasteiger partial charge >= 0.3 is 0 Å². The van der Waals surface area contributed by atoms with E-state index in [4.69, 9.17) is 10.00 Å². The van der Waals surface area contributed by atoms with E-state index < -0.39 is 0 Å². The number of rotatable bonds is 2. The summed E-state index contributed by atoms with van der Waals surface area (Å²) in [6, 6.07) is 15.4. The molecule has 2 aromatic rings. The third-order valence-corrected chi connectivity index (χ3v) is 2.98. The van der Waals surface area contributed by atoms with Crippen molar-refractivity contribution in [2.24, 2.45) is 0 Å². The van der Waals surface area contributed by atoms with E-state index in [0.717, 1.165) is 21.3 Å². The standard InChI is InChI=1S/C14H10BrNO/c1-17-14-8-12(15)6-7-13(14)11-4-2-10(9-16)3-5-11/h2-8H,1H3. The van der Waals surface area contributed by atoms with Crippen LogP contribution in [-0.2, 0) is 0 Å². The van der Waals surface area contributed by atoms with Gasteiger partial charge in [0.15, 0.2) is 0 Å². The van der Waals surface area contributed by atoms with Crippen LogP contribution in [0.25, 0.3) is 11.1 Å². The van der Waals surface area contributed by atoms with E-state index in [2.05, 4.69) is 22.0 Å². The van der Waals surface area contributed by atoms with Crippen molar-refractivity contribution in [3.05, 3.63) is 52.5 Å². The molecule has 0 amide bonds. The number of hydrogen-bond donors (Lipinski definition) is 0. The molecular formula is C14H10BrNO. The van der Waals surface area contributed by atoms with E-state index in [1.807, 2.05) is 30.3 Å². The maximum atomic E-state index is 8.76. The molecule has 0 saturated carbocycles. The lowest BCUT2D eigenvalue weighted by atomic mass is 10.0. The fraction of sp³-hybridized carbons (Fsp3) is 0.0714. The van der Waals surface area contributed by atoms with E-state index in [0.29, 0.717) is 5.56 Å². The molecule has 2 aromatic carbocycles. The summed E-state index contributed by atoms with van der Waals surface area (Å²) in [5.41, 5.74) is 2.71. The highest BCUT2D eigenvalue weighted by molar-refractivity contribution is 9.10. The molecule has 0 aliphatic rings. The zero-order valence-electron chi connectivity index (χ0n) is 9.27. The molecule has 0 spiro atoms. The molecule has 0 aliphatic heterocycles. The Bertz CT molecular complexity index is 570. The van der Waals surface area contributed by atoms with Crippen molar-refractivity contribution in [3.8, 4) is 22.9 Å². The fourth-order valence-corrected chi connectivity index (χ4v) is 1.97. The van der Waals surface area contributed by atoms with Gasteiger partial charge in [0, 0.05) is 10.0 Å². The number of hydrogen-bond acceptors (Lipinski definition) is 2. The molecule has 0 unspecified atom stereocenters. The highest BCUT2D eigenvalue weighted by Crippen LogP contribution is 2.32. The first kappa shape index (κ1) is 11.7. The third kappa shape index (κ3) is 2.48. The molecule has 0 radical (unpaired) electrons. The molecule has 0 heterocycles. The Morgan fingerprint density at radius 1 is 1.12 bits per heavy atom. The quantitative estimate of drug-likeness (QED) is 0.837. The van der Waals surface area contributed by atoms with Gasteiger partial charge in [0.25, 0.3) is 0 Å². The fourth-order valence-electron chi connectivity index (χ4n) is 1.63. The Kier molecular flexibility index (Phi) is 3.46. The van der Waals surface area contributed by atoms with Crippen LogP contribution in [0.1, 0.15) is 5.56 Å². The van der Waals surface area contributed by atoms with Gasteiger partial charge in [-0.15, -0.1) is 0 Å². The van der Waals surface area contributed by atoms with Gasteiger partial charge in [-0.25, -0.2) is 0 Å². The van der Waals surface area contributed by atoms with Gasteiger partial charge in [0.1, 0.15) is 5.75 Å². The van der Waals surface area contributed by atoms with Crippen LogP contribution < -0.4 is 4.74 Å². The van der Waals surface area contributed by atoms with E-state index in [-0.39, 0.29) is 0 Å². The summed E-state index contributed by atoms with van der Waals surface area (Å²) in [6.45, 7) is 0. The van der Waals surface area contributed by atoms with Crippen LogP contribution in [0.2, 0.25) is 0 Å². The zero-order valence-corrected chi connectivity index (χ0v) is 10.9. The summed E-state index contributed by atoms with van der Waals surface area (Å²) in [6.07, 6.45) is 0. The van der Waals surface area contributed by atoms with Crippen molar-refractivity contribution in [1.29, 1.82) is 5.26 Å². The molecule has 2 rings (SSSR count). The highest BCUT2D eigenvalue weighted by atomic mass is 79.9. The van der Waals surface area contributed by atoms with Crippen LogP contribution in [0.15, 0.2) is 46.9 Å². The van der Waals surface area contributed by atoms with Crippen molar-refractivity contribution < 1.29 is 4.74 Å². The number of halogens is 1. The van der Waals surface area contributed by atoms with E-state index in [1.165, 1.54) is 0 Å². The first-order valence-electron chi connectivity index (χ1n) is 5.08. The first-order chi connectivity index (χ1) is 8.24. The molecule has 3 heteroatoms. The Labute approximate surface area is 109 Å². The number of ether oxygens (including phenoxy) is 1. The predicted octanol–water partition coefficient (Wildman–Crippen LogP) is 4.00. The van der Waals surface area contributed by atoms with Gasteiger partial charge in [-0.05, 0) is 35.9 Å². The van der Waals surface area contributed by atoms with Crippen LogP contribution in [0.4, 0.5) is 0 Å². The van der Waals surface area contributed by atoms with Gasteiger partial charge in [-0.3, -0.25) is 0 Å². The van der Waals surface area contributed by atoms with Gasteiger partial charge < -0.3 is 4.74 Å². The van der Waals surface area contributed by atoms with Crippen LogP contribution in [0.5, 0.6) is 5.75 Å². The molecule has 0 atom stereocenters. The molecule has 0 fully saturated rings. The third-order valence-electron chi connectivity index (χ3n) is 2.49. The Balaban J connectivity index is 2.49. The highest BCUT2D eigenvalue weighted by Gasteiger charge is 2.06. The Morgan fingerprint density at radius 2 is 1.82 bits per heavy atom. The van der Waals surface area contributed by atoms with Crippen LogP contribution >= 0.6 is 15.9 Å². The molecule has 2 nitrogen and oxygen atoms in total. The minimum absolute atomic E-state index is 0.657. The van der Waals surface area contributed by atoms with Gasteiger partial charge in [0.2, 0.25) is 0 Å². The predicted molar refractivity (Wildman–Crippen MR) is 70.8 cm³/mol. The normalized spacial score (nSPS) is 9.71. The summed E-state index contributed by atoms with van der Waals surface area (Å²) in [5, 5.41) is 8.76. The van der Waals surface area contributed by atoms with Gasteiger partial charge in [-0.1, -0.05) is 28.1 Å². The lowest BCUT2D eigenvalue weighted by molar-refractivity contribution is 0.416. The van der Waals surface area contributed by atoms with E-state index >= 15 is 0 Å². The Hall–Kier alpha value is -1.79. The molecule has 0 saturated heterocycles. The van der Waals surface area contributed by atoms with Crippen molar-refractivity contribution in [2.75, 3.05) is 7.11 Å². The number of nitriles is 1. The summed E-state index contributed by atoms with van der Waals surface area (Å²) in [5.74, 6) is 0.809. The molecule has 0 aliphatic carbocycles. The first-order valence-corrected chi connectivity index (χ1v) is 5.88. The number of methoxy groups -OCH3 is 1. The minimum Gasteiger partial charge on any atom is -0.496 e. The smallest absolute Gasteiger partial charge is 0.127 e. The molecule has 84 valence electrons. The maximum Gasteiger partial charge on any atom is 0.127 e. The second-order valence-corrected chi connectivity index (χ2v) is 4.45. The van der Waals surface area contributed by atoms with Crippen LogP contribution in [0.3, 0.4) is 0 Å². The monoisotopic (exact) mass is 287 g/mol. The van der Waals surface area contributed by atoms with Crippen molar-refractivity contribution in [3.63, 3.8) is 0 Å². The average Bonchev–Trinajstić information content (AvgIpc) is 2.39. The SMILES string of the molecule is COc1cc(Br)ccc1-c1ccc(C#N)cc1. The van der Waals surface area contributed by atoms with Gasteiger partial charge in [0.05, 0.1) is 18.7 Å². The zero-order chi connectivity index (χ0) is 12.3. The maximum absolute atomic E-state index is 8.76. The summed E-state index contributed by atoms with van der Waals surface area (Å²) in [7, 11) is 1.65. The minimum atomic E-state index is 0.657. The molecule has 0 aromatic heterocycles. The van der Waals surface area contributed by atoms with E-state index in [9.17, 15) is 0 Å². The number of benzene rings is 2. The number of nitrogens with zero attached hydrogens (tertiary/aromatic N) is 1. The molecule has 0 N–H and O–H groups in total. The lowest BCUT2D eigenvalue weighted by Crippen LogP contribution is -1.88. The van der Waals surface area contributed by atoms with Crippen molar-refractivity contribution >= 4 is 15.9 Å². The molecule has 17 heavy (non-hydrogen) atoms. The molecular weight excluding hydrogens is 278 g/mol. The largest absolute Gasteiger partial charge is 0.496 e. The Morgan fingerprint density at radius 3 is 2.41 bits per heavy atom. The summed E-state index contributed by atoms with van der Waals surface area (Å²) < 4.78 is 6.32. The average molecular weight is 288 g/mol. The summed E-state index contributed by atoms with van der Waals surface area (Å²) >= 11 is 3.41. The van der Waals surface area contributed by atoms with Crippen LogP contribution in [0, 0.1) is 11.3 Å². The topological polar surface area (TPSA) is 33.0 Å². The van der Waals surface area contributed by atoms with Crippen molar-refractivity contribution in [1.82, 2.24) is 0 Å². The van der Waals surface area contributed by atoms with Gasteiger partial charge in [-0.2, -0.15) is 5.26 Å².